The standard InChI is InChI=1S/C14H20FN/c1-14(2,3)8-7-10-9-16-13-11(10)5-4-6-12(13)15/h4-6,10,16H,7-9H2,1-3H3. The van der Waals surface area contributed by atoms with Crippen LogP contribution in [0.1, 0.15) is 45.1 Å². The summed E-state index contributed by atoms with van der Waals surface area (Å²) in [6, 6.07) is 5.38. The number of anilines is 1. The van der Waals surface area contributed by atoms with Gasteiger partial charge in [0.1, 0.15) is 5.82 Å². The third-order valence-corrected chi connectivity index (χ3v) is 3.25. The molecule has 88 valence electrons. The molecule has 0 saturated heterocycles. The van der Waals surface area contributed by atoms with Gasteiger partial charge in [0.05, 0.1) is 5.69 Å². The fraction of sp³-hybridized carbons (Fsp3) is 0.571. The van der Waals surface area contributed by atoms with Crippen molar-refractivity contribution in [2.75, 3.05) is 11.9 Å². The molecule has 0 radical (unpaired) electrons. The summed E-state index contributed by atoms with van der Waals surface area (Å²) in [5.41, 5.74) is 2.24. The summed E-state index contributed by atoms with van der Waals surface area (Å²) < 4.78 is 13.5. The number of nitrogens with one attached hydrogen (secondary N) is 1. The van der Waals surface area contributed by atoms with Gasteiger partial charge in [-0.1, -0.05) is 32.9 Å². The molecule has 2 rings (SSSR count). The summed E-state index contributed by atoms with van der Waals surface area (Å²) >= 11 is 0. The Kier molecular flexibility index (Phi) is 2.92. The molecule has 1 unspecified atom stereocenters. The topological polar surface area (TPSA) is 12.0 Å². The Bertz CT molecular complexity index is 379. The molecule has 1 nitrogen and oxygen atoms in total. The molecule has 0 bridgehead atoms. The van der Waals surface area contributed by atoms with Crippen molar-refractivity contribution in [2.45, 2.75) is 39.5 Å². The zero-order chi connectivity index (χ0) is 11.8. The second kappa shape index (κ2) is 4.08. The molecule has 1 heterocycles. The minimum absolute atomic E-state index is 0.115. The average Bonchev–Trinajstić information content (AvgIpc) is 2.58. The van der Waals surface area contributed by atoms with Crippen LogP contribution in [0.5, 0.6) is 0 Å². The molecule has 0 fully saturated rings. The highest BCUT2D eigenvalue weighted by atomic mass is 19.1. The number of fused-ring (bicyclic) bond motifs is 1. The molecule has 0 amide bonds. The lowest BCUT2D eigenvalue weighted by Gasteiger charge is -2.20. The molecule has 16 heavy (non-hydrogen) atoms. The van der Waals surface area contributed by atoms with Crippen LogP contribution < -0.4 is 5.32 Å². The fourth-order valence-corrected chi connectivity index (χ4v) is 2.27. The van der Waals surface area contributed by atoms with Gasteiger partial charge in [-0.3, -0.25) is 0 Å². The fourth-order valence-electron chi connectivity index (χ4n) is 2.27. The maximum atomic E-state index is 13.5. The molecule has 1 aliphatic rings. The van der Waals surface area contributed by atoms with E-state index in [-0.39, 0.29) is 5.82 Å². The van der Waals surface area contributed by atoms with Crippen molar-refractivity contribution in [1.82, 2.24) is 0 Å². The predicted molar refractivity (Wildman–Crippen MR) is 66.3 cm³/mol. The molecule has 0 spiro atoms. The minimum atomic E-state index is -0.115. The monoisotopic (exact) mass is 221 g/mol. The first-order valence-electron chi connectivity index (χ1n) is 6.00. The van der Waals surface area contributed by atoms with E-state index in [1.54, 1.807) is 0 Å². The SMILES string of the molecule is CC(C)(C)CCC1CNc2c(F)cccc21. The molecule has 0 aliphatic carbocycles. The van der Waals surface area contributed by atoms with Gasteiger partial charge in [0.25, 0.3) is 0 Å². The molecule has 1 aromatic carbocycles. The average molecular weight is 221 g/mol. The molecule has 2 heteroatoms. The van der Waals surface area contributed by atoms with E-state index in [1.807, 2.05) is 12.1 Å². The second-order valence-corrected chi connectivity index (χ2v) is 5.88. The molecule has 1 aromatic rings. The molecule has 1 aliphatic heterocycles. The van der Waals surface area contributed by atoms with Gasteiger partial charge in [-0.05, 0) is 29.9 Å². The first-order chi connectivity index (χ1) is 7.47. The van der Waals surface area contributed by atoms with Crippen LogP contribution in [0.15, 0.2) is 18.2 Å². The van der Waals surface area contributed by atoms with E-state index in [2.05, 4.69) is 26.1 Å². The Morgan fingerprint density at radius 1 is 1.38 bits per heavy atom. The summed E-state index contributed by atoms with van der Waals surface area (Å²) in [6.07, 6.45) is 2.31. The highest BCUT2D eigenvalue weighted by Gasteiger charge is 2.25. The smallest absolute Gasteiger partial charge is 0.146 e. The maximum absolute atomic E-state index is 13.5. The summed E-state index contributed by atoms with van der Waals surface area (Å²) in [4.78, 5) is 0. The van der Waals surface area contributed by atoms with Gasteiger partial charge in [-0.25, -0.2) is 4.39 Å². The van der Waals surface area contributed by atoms with Gasteiger partial charge < -0.3 is 5.32 Å². The van der Waals surface area contributed by atoms with E-state index in [1.165, 1.54) is 12.5 Å². The zero-order valence-corrected chi connectivity index (χ0v) is 10.3. The van der Waals surface area contributed by atoms with E-state index in [0.29, 0.717) is 11.3 Å². The largest absolute Gasteiger partial charge is 0.382 e. The van der Waals surface area contributed by atoms with Crippen molar-refractivity contribution in [3.63, 3.8) is 0 Å². The summed E-state index contributed by atoms with van der Waals surface area (Å²) in [7, 11) is 0. The molecule has 0 aromatic heterocycles. The highest BCUT2D eigenvalue weighted by Crippen LogP contribution is 2.38. The highest BCUT2D eigenvalue weighted by molar-refractivity contribution is 5.58. The van der Waals surface area contributed by atoms with Gasteiger partial charge in [-0.2, -0.15) is 0 Å². The van der Waals surface area contributed by atoms with Crippen molar-refractivity contribution in [1.29, 1.82) is 0 Å². The van der Waals surface area contributed by atoms with Crippen molar-refractivity contribution >= 4 is 5.69 Å². The Hall–Kier alpha value is -1.05. The lowest BCUT2D eigenvalue weighted by Crippen LogP contribution is -2.09. The lowest BCUT2D eigenvalue weighted by atomic mass is 9.85. The summed E-state index contributed by atoms with van der Waals surface area (Å²) in [6.45, 7) is 7.64. The number of halogens is 1. The van der Waals surface area contributed by atoms with Crippen LogP contribution in [0, 0.1) is 11.2 Å². The maximum Gasteiger partial charge on any atom is 0.146 e. The van der Waals surface area contributed by atoms with Crippen LogP contribution in [-0.2, 0) is 0 Å². The van der Waals surface area contributed by atoms with E-state index in [0.717, 1.165) is 24.2 Å². The third-order valence-electron chi connectivity index (χ3n) is 3.25. The zero-order valence-electron chi connectivity index (χ0n) is 10.3. The molecular formula is C14H20FN. The quantitative estimate of drug-likeness (QED) is 0.790. The van der Waals surface area contributed by atoms with Crippen LogP contribution in [0.4, 0.5) is 10.1 Å². The number of hydrogen-bond acceptors (Lipinski definition) is 1. The van der Waals surface area contributed by atoms with Crippen molar-refractivity contribution < 1.29 is 4.39 Å². The summed E-state index contributed by atoms with van der Waals surface area (Å²) in [5.74, 6) is 0.362. The second-order valence-electron chi connectivity index (χ2n) is 5.88. The van der Waals surface area contributed by atoms with Crippen LogP contribution in [0.2, 0.25) is 0 Å². The van der Waals surface area contributed by atoms with E-state index in [4.69, 9.17) is 0 Å². The lowest BCUT2D eigenvalue weighted by molar-refractivity contribution is 0.352. The summed E-state index contributed by atoms with van der Waals surface area (Å²) in [5, 5.41) is 3.18. The van der Waals surface area contributed by atoms with E-state index in [9.17, 15) is 4.39 Å². The van der Waals surface area contributed by atoms with Gasteiger partial charge in [0.15, 0.2) is 0 Å². The number of rotatable bonds is 2. The number of hydrogen-bond donors (Lipinski definition) is 1. The Morgan fingerprint density at radius 3 is 2.81 bits per heavy atom. The Morgan fingerprint density at radius 2 is 2.12 bits per heavy atom. The first kappa shape index (κ1) is 11.4. The normalized spacial score (nSPS) is 19.4. The molecule has 0 saturated carbocycles. The van der Waals surface area contributed by atoms with Gasteiger partial charge in [-0.15, -0.1) is 0 Å². The number of benzene rings is 1. The van der Waals surface area contributed by atoms with Gasteiger partial charge in [0.2, 0.25) is 0 Å². The Labute approximate surface area is 97.1 Å². The van der Waals surface area contributed by atoms with E-state index >= 15 is 0 Å². The predicted octanol–water partition coefficient (Wildman–Crippen LogP) is 4.16. The van der Waals surface area contributed by atoms with Crippen LogP contribution in [0.3, 0.4) is 0 Å². The minimum Gasteiger partial charge on any atom is -0.382 e. The molecule has 1 N–H and O–H groups in total. The van der Waals surface area contributed by atoms with Crippen LogP contribution in [-0.4, -0.2) is 6.54 Å². The van der Waals surface area contributed by atoms with Crippen LogP contribution >= 0.6 is 0 Å². The number of para-hydroxylation sites is 1. The Balaban J connectivity index is 2.09. The third kappa shape index (κ3) is 2.37. The van der Waals surface area contributed by atoms with E-state index < -0.39 is 0 Å². The van der Waals surface area contributed by atoms with Gasteiger partial charge >= 0.3 is 0 Å². The van der Waals surface area contributed by atoms with Crippen LogP contribution in [0.25, 0.3) is 0 Å². The van der Waals surface area contributed by atoms with Crippen molar-refractivity contribution in [2.24, 2.45) is 5.41 Å². The molecular weight excluding hydrogens is 201 g/mol. The molecule has 1 atom stereocenters. The van der Waals surface area contributed by atoms with Crippen molar-refractivity contribution in [3.05, 3.63) is 29.6 Å². The first-order valence-corrected chi connectivity index (χ1v) is 6.00. The van der Waals surface area contributed by atoms with Gasteiger partial charge in [0, 0.05) is 12.5 Å². The van der Waals surface area contributed by atoms with Crippen molar-refractivity contribution in [3.8, 4) is 0 Å².